The van der Waals surface area contributed by atoms with Crippen molar-refractivity contribution in [1.29, 1.82) is 0 Å². The highest BCUT2D eigenvalue weighted by Gasteiger charge is 2.42. The van der Waals surface area contributed by atoms with Crippen molar-refractivity contribution in [2.75, 3.05) is 0 Å². The molecule has 3 aromatic heterocycles. The van der Waals surface area contributed by atoms with E-state index in [4.69, 9.17) is 0 Å². The molecule has 0 amide bonds. The van der Waals surface area contributed by atoms with Crippen molar-refractivity contribution in [1.82, 2.24) is 8.88 Å². The molecule has 0 atom stereocenters. The molecule has 2 aliphatic rings. The zero-order chi connectivity index (χ0) is 27.6. The first-order valence-electron chi connectivity index (χ1n) is 15.2. The third-order valence-electron chi connectivity index (χ3n) is 10.6. The first-order valence-corrected chi connectivity index (χ1v) is 15.2. The first-order chi connectivity index (χ1) is 21.4. The Balaban J connectivity index is 1.40. The van der Waals surface area contributed by atoms with Crippen molar-refractivity contribution in [2.45, 2.75) is 0 Å². The number of rotatable bonds is 1. The minimum Gasteiger partial charge on any atom is -0.375 e. The average molecular weight is 540 g/mol. The molecule has 0 radical (unpaired) electrons. The van der Waals surface area contributed by atoms with E-state index in [0.29, 0.717) is 0 Å². The van der Waals surface area contributed by atoms with Gasteiger partial charge in [-0.3, -0.25) is 0 Å². The van der Waals surface area contributed by atoms with Crippen molar-refractivity contribution in [3.63, 3.8) is 0 Å². The molecule has 12 rings (SSSR count). The molecule has 10 aromatic rings. The molecule has 0 bridgehead atoms. The molecule has 2 nitrogen and oxygen atoms in total. The number of hydrogen-bond donors (Lipinski definition) is 0. The van der Waals surface area contributed by atoms with E-state index < -0.39 is 0 Å². The van der Waals surface area contributed by atoms with Gasteiger partial charge in [0.05, 0.1) is 16.6 Å². The van der Waals surface area contributed by atoms with Gasteiger partial charge in [0.15, 0.2) is 0 Å². The predicted molar refractivity (Wildman–Crippen MR) is 183 cm³/mol. The van der Waals surface area contributed by atoms with Crippen molar-refractivity contribution < 1.29 is 0 Å². The fourth-order valence-corrected chi connectivity index (χ4v) is 9.02. The standard InChI is InChI=1S/C40H21BN2/c1-2-9-22(10-3-1)30-21-32-28-15-6-14-27-31-19-23-11-4-5-12-24(23)20-34(31)43(38(27)28)41-33-18-8-16-26-25-13-7-17-29-35(30)40(36(32)41)42(37(25)29)39(26)33/h1-21H. The van der Waals surface area contributed by atoms with Crippen LogP contribution in [0.2, 0.25) is 0 Å². The minimum atomic E-state index is 0.0965. The Kier molecular flexibility index (Phi) is 3.41. The Labute approximate surface area is 246 Å². The lowest BCUT2D eigenvalue weighted by Crippen LogP contribution is -2.53. The Morgan fingerprint density at radius 1 is 0.442 bits per heavy atom. The summed E-state index contributed by atoms with van der Waals surface area (Å²) in [5.41, 5.74) is 14.9. The van der Waals surface area contributed by atoms with Gasteiger partial charge in [-0.25, -0.2) is 0 Å². The molecule has 0 saturated carbocycles. The second-order valence-electron chi connectivity index (χ2n) is 12.4. The SMILES string of the molecule is c1ccc(-c2cc3c4c5c2c2cccc6c7cccc(c7n5c62)B4n2c4cc5ccccc5cc4c4cccc-3c42)cc1. The number of para-hydroxylation sites is 3. The maximum atomic E-state index is 2.69. The Morgan fingerprint density at radius 3 is 2.00 bits per heavy atom. The van der Waals surface area contributed by atoms with Gasteiger partial charge in [-0.1, -0.05) is 109 Å². The Morgan fingerprint density at radius 2 is 1.14 bits per heavy atom. The van der Waals surface area contributed by atoms with Crippen molar-refractivity contribution >= 4 is 88.4 Å². The maximum Gasteiger partial charge on any atom is 0.333 e. The molecule has 0 N–H and O–H groups in total. The molecule has 0 fully saturated rings. The summed E-state index contributed by atoms with van der Waals surface area (Å²) in [6, 6.07) is 48.0. The normalized spacial score (nSPS) is 13.5. The molecule has 0 aliphatic carbocycles. The molecule has 43 heavy (non-hydrogen) atoms. The summed E-state index contributed by atoms with van der Waals surface area (Å²) in [6.07, 6.45) is 0. The Hall–Kier alpha value is -5.54. The second-order valence-corrected chi connectivity index (χ2v) is 12.4. The van der Waals surface area contributed by atoms with Gasteiger partial charge in [0.1, 0.15) is 0 Å². The van der Waals surface area contributed by atoms with Gasteiger partial charge in [-0.2, -0.15) is 0 Å². The first kappa shape index (κ1) is 21.2. The van der Waals surface area contributed by atoms with E-state index in [2.05, 4.69) is 136 Å². The predicted octanol–water partition coefficient (Wildman–Crippen LogP) is 8.71. The van der Waals surface area contributed by atoms with Crippen LogP contribution in [0.1, 0.15) is 0 Å². The van der Waals surface area contributed by atoms with E-state index in [1.165, 1.54) is 104 Å². The Bertz CT molecular complexity index is 2890. The highest BCUT2D eigenvalue weighted by molar-refractivity contribution is 6.91. The van der Waals surface area contributed by atoms with Crippen LogP contribution in [-0.4, -0.2) is 15.7 Å². The summed E-state index contributed by atoms with van der Waals surface area (Å²) < 4.78 is 5.31. The monoisotopic (exact) mass is 540 g/mol. The van der Waals surface area contributed by atoms with Gasteiger partial charge in [-0.05, 0) is 56.6 Å². The van der Waals surface area contributed by atoms with Gasteiger partial charge in [0.2, 0.25) is 0 Å². The second kappa shape index (κ2) is 6.91. The van der Waals surface area contributed by atoms with E-state index in [1.807, 2.05) is 0 Å². The van der Waals surface area contributed by atoms with Gasteiger partial charge in [-0.15, -0.1) is 0 Å². The van der Waals surface area contributed by atoms with Crippen LogP contribution in [0.4, 0.5) is 0 Å². The molecule has 3 heteroatoms. The highest BCUT2D eigenvalue weighted by atomic mass is 15.0. The van der Waals surface area contributed by atoms with E-state index >= 15 is 0 Å². The van der Waals surface area contributed by atoms with Crippen LogP contribution in [0.3, 0.4) is 0 Å². The van der Waals surface area contributed by atoms with Crippen molar-refractivity contribution in [3.05, 3.63) is 127 Å². The molecule has 194 valence electrons. The van der Waals surface area contributed by atoms with E-state index in [-0.39, 0.29) is 6.85 Å². The molecule has 0 saturated heterocycles. The van der Waals surface area contributed by atoms with Crippen LogP contribution >= 0.6 is 0 Å². The molecule has 0 unspecified atom stereocenters. The van der Waals surface area contributed by atoms with Crippen molar-refractivity contribution in [2.24, 2.45) is 0 Å². The number of nitrogens with zero attached hydrogens (tertiary/aromatic N) is 2. The van der Waals surface area contributed by atoms with Crippen LogP contribution in [0, 0.1) is 0 Å². The lowest BCUT2D eigenvalue weighted by molar-refractivity contribution is 1.30. The molecule has 0 spiro atoms. The van der Waals surface area contributed by atoms with E-state index in [9.17, 15) is 0 Å². The van der Waals surface area contributed by atoms with Crippen LogP contribution in [0.5, 0.6) is 0 Å². The van der Waals surface area contributed by atoms with Gasteiger partial charge >= 0.3 is 6.85 Å². The van der Waals surface area contributed by atoms with Crippen LogP contribution < -0.4 is 10.9 Å². The average Bonchev–Trinajstić information content (AvgIpc) is 3.71. The zero-order valence-electron chi connectivity index (χ0n) is 23.1. The maximum absolute atomic E-state index is 2.69. The molecule has 2 aliphatic heterocycles. The summed E-state index contributed by atoms with van der Waals surface area (Å²) in [5, 5.41) is 10.7. The van der Waals surface area contributed by atoms with Gasteiger partial charge < -0.3 is 8.88 Å². The summed E-state index contributed by atoms with van der Waals surface area (Å²) in [4.78, 5) is 0. The summed E-state index contributed by atoms with van der Waals surface area (Å²) in [6.45, 7) is 0.0965. The quantitative estimate of drug-likeness (QED) is 0.184. The fourth-order valence-electron chi connectivity index (χ4n) is 9.02. The molecular weight excluding hydrogens is 519 g/mol. The molecular formula is C40H21BN2. The molecule has 7 aromatic carbocycles. The fraction of sp³-hybridized carbons (Fsp3) is 0. The lowest BCUT2D eigenvalue weighted by atomic mass is 9.46. The number of fused-ring (bicyclic) bond motifs is 9. The third-order valence-corrected chi connectivity index (χ3v) is 10.6. The van der Waals surface area contributed by atoms with Crippen molar-refractivity contribution in [3.8, 4) is 22.3 Å². The molecule has 5 heterocycles. The third kappa shape index (κ3) is 2.23. The number of hydrogen-bond acceptors (Lipinski definition) is 0. The highest BCUT2D eigenvalue weighted by Crippen LogP contribution is 2.48. The van der Waals surface area contributed by atoms with Crippen LogP contribution in [0.25, 0.3) is 92.9 Å². The smallest absolute Gasteiger partial charge is 0.333 e. The number of aromatic nitrogens is 2. The summed E-state index contributed by atoms with van der Waals surface area (Å²) in [5.74, 6) is 0. The number of benzene rings is 7. The lowest BCUT2D eigenvalue weighted by Gasteiger charge is -2.32. The van der Waals surface area contributed by atoms with Crippen LogP contribution in [0.15, 0.2) is 127 Å². The minimum absolute atomic E-state index is 0.0965. The topological polar surface area (TPSA) is 9.34 Å². The van der Waals surface area contributed by atoms with Crippen LogP contribution in [-0.2, 0) is 0 Å². The largest absolute Gasteiger partial charge is 0.375 e. The summed E-state index contributed by atoms with van der Waals surface area (Å²) in [7, 11) is 0. The van der Waals surface area contributed by atoms with Gasteiger partial charge in [0, 0.05) is 48.9 Å². The summed E-state index contributed by atoms with van der Waals surface area (Å²) >= 11 is 0. The van der Waals surface area contributed by atoms with E-state index in [0.717, 1.165) is 0 Å². The van der Waals surface area contributed by atoms with E-state index in [1.54, 1.807) is 0 Å². The van der Waals surface area contributed by atoms with Gasteiger partial charge in [0.25, 0.3) is 0 Å². The zero-order valence-corrected chi connectivity index (χ0v) is 23.1.